The molecule has 182 valence electrons. The number of aliphatic hydroxyl groups excluding tert-OH is 1. The van der Waals surface area contributed by atoms with Crippen molar-refractivity contribution in [2.45, 2.75) is 28.7 Å². The number of aldehydes is 1. The lowest BCUT2D eigenvalue weighted by Crippen LogP contribution is -2.32. The van der Waals surface area contributed by atoms with Gasteiger partial charge in [0.25, 0.3) is 0 Å². The molecule has 1 atom stereocenters. The lowest BCUT2D eigenvalue weighted by molar-refractivity contribution is -0.123. The molecule has 0 aromatic heterocycles. The van der Waals surface area contributed by atoms with E-state index >= 15 is 0 Å². The van der Waals surface area contributed by atoms with E-state index in [1.54, 1.807) is 13.2 Å². The van der Waals surface area contributed by atoms with Gasteiger partial charge in [-0.25, -0.2) is 0 Å². The van der Waals surface area contributed by atoms with Gasteiger partial charge in [-0.15, -0.1) is 0 Å². The highest BCUT2D eigenvalue weighted by Crippen LogP contribution is 2.44. The van der Waals surface area contributed by atoms with Crippen molar-refractivity contribution in [3.8, 4) is 16.9 Å². The van der Waals surface area contributed by atoms with Crippen LogP contribution in [-0.2, 0) is 11.3 Å². The van der Waals surface area contributed by atoms with Crippen molar-refractivity contribution in [3.05, 3.63) is 113 Å². The number of aliphatic hydroxyl groups is 1. The van der Waals surface area contributed by atoms with Gasteiger partial charge in [-0.05, 0) is 52.1 Å². The van der Waals surface area contributed by atoms with Crippen LogP contribution in [0.1, 0.15) is 33.0 Å². The molecule has 1 aliphatic carbocycles. The first kappa shape index (κ1) is 24.3. The fraction of sp³-hybridized carbons (Fsp3) is 0.167. The highest BCUT2D eigenvalue weighted by atomic mass is 32.2. The zero-order valence-corrected chi connectivity index (χ0v) is 20.7. The molecule has 0 heterocycles. The Morgan fingerprint density at radius 3 is 2.28 bits per heavy atom. The van der Waals surface area contributed by atoms with Crippen molar-refractivity contribution in [1.29, 1.82) is 0 Å². The van der Waals surface area contributed by atoms with E-state index in [1.165, 1.54) is 34.0 Å². The second kappa shape index (κ2) is 11.1. The number of rotatable bonds is 10. The lowest BCUT2D eigenvalue weighted by Gasteiger charge is -2.19. The summed E-state index contributed by atoms with van der Waals surface area (Å²) in [7, 11) is 1.62. The monoisotopic (exact) mass is 497 g/mol. The number of hydrogen-bond donors (Lipinski definition) is 2. The molecule has 0 radical (unpaired) electrons. The van der Waals surface area contributed by atoms with Gasteiger partial charge in [0.2, 0.25) is 6.41 Å². The minimum atomic E-state index is -1.14. The molecule has 4 aromatic rings. The molecule has 0 aliphatic heterocycles. The van der Waals surface area contributed by atoms with E-state index in [2.05, 4.69) is 29.6 Å². The number of ether oxygens (including phenoxy) is 2. The Labute approximate surface area is 215 Å². The van der Waals surface area contributed by atoms with Gasteiger partial charge in [0.1, 0.15) is 5.75 Å². The first-order valence-corrected chi connectivity index (χ1v) is 12.6. The van der Waals surface area contributed by atoms with Gasteiger partial charge >= 0.3 is 0 Å². The van der Waals surface area contributed by atoms with E-state index in [0.717, 1.165) is 27.4 Å². The van der Waals surface area contributed by atoms with Crippen molar-refractivity contribution in [2.75, 3.05) is 13.7 Å². The zero-order chi connectivity index (χ0) is 24.9. The van der Waals surface area contributed by atoms with Crippen LogP contribution in [0.5, 0.6) is 5.75 Å². The molecule has 1 aliphatic rings. The van der Waals surface area contributed by atoms with Crippen LogP contribution in [0.3, 0.4) is 0 Å². The molecule has 4 aromatic carbocycles. The SMILES string of the molecule is COc1ccc(Sc2ccccc2C=O)c(CNC(O)OCC2c3ccccc3-c3ccccc32)c1. The number of carbonyl (C=O) groups is 1. The molecule has 0 saturated carbocycles. The molecule has 5 rings (SSSR count). The second-order valence-electron chi connectivity index (χ2n) is 8.53. The molecule has 0 saturated heterocycles. The number of hydrogen-bond acceptors (Lipinski definition) is 6. The minimum absolute atomic E-state index is 0.0663. The van der Waals surface area contributed by atoms with Crippen LogP contribution in [0, 0.1) is 0 Å². The van der Waals surface area contributed by atoms with Crippen LogP contribution in [0.25, 0.3) is 11.1 Å². The molecule has 0 spiro atoms. The maximum Gasteiger partial charge on any atom is 0.213 e. The Kier molecular flexibility index (Phi) is 7.49. The number of methoxy groups -OCH3 is 1. The fourth-order valence-electron chi connectivity index (χ4n) is 4.59. The van der Waals surface area contributed by atoms with Gasteiger partial charge in [-0.3, -0.25) is 10.1 Å². The van der Waals surface area contributed by atoms with Crippen LogP contribution in [-0.4, -0.2) is 31.5 Å². The number of fused-ring (bicyclic) bond motifs is 3. The molecular formula is C30H27NO4S. The summed E-state index contributed by atoms with van der Waals surface area (Å²) in [5, 5.41) is 13.7. The van der Waals surface area contributed by atoms with E-state index in [0.29, 0.717) is 18.7 Å². The molecule has 6 heteroatoms. The third kappa shape index (κ3) is 5.08. The largest absolute Gasteiger partial charge is 0.497 e. The first-order chi connectivity index (χ1) is 17.7. The van der Waals surface area contributed by atoms with Gasteiger partial charge in [0, 0.05) is 27.8 Å². The third-order valence-electron chi connectivity index (χ3n) is 6.38. The summed E-state index contributed by atoms with van der Waals surface area (Å²) < 4.78 is 11.3. The molecule has 2 N–H and O–H groups in total. The van der Waals surface area contributed by atoms with Crippen LogP contribution in [0.4, 0.5) is 0 Å². The predicted molar refractivity (Wildman–Crippen MR) is 141 cm³/mol. The average Bonchev–Trinajstić information content (AvgIpc) is 3.25. The van der Waals surface area contributed by atoms with Gasteiger partial charge in [0.15, 0.2) is 6.29 Å². The van der Waals surface area contributed by atoms with Gasteiger partial charge in [-0.2, -0.15) is 0 Å². The zero-order valence-electron chi connectivity index (χ0n) is 19.9. The summed E-state index contributed by atoms with van der Waals surface area (Å²) in [6.45, 7) is 0.719. The Morgan fingerprint density at radius 2 is 1.58 bits per heavy atom. The van der Waals surface area contributed by atoms with E-state index in [4.69, 9.17) is 9.47 Å². The first-order valence-electron chi connectivity index (χ1n) is 11.8. The maximum absolute atomic E-state index is 11.5. The van der Waals surface area contributed by atoms with Crippen LogP contribution in [0.2, 0.25) is 0 Å². The normalized spacial score (nSPS) is 13.2. The summed E-state index contributed by atoms with van der Waals surface area (Å²) in [6.07, 6.45) is -0.281. The van der Waals surface area contributed by atoms with Gasteiger partial charge in [0.05, 0.1) is 13.7 Å². The summed E-state index contributed by atoms with van der Waals surface area (Å²) in [6, 6.07) is 29.9. The predicted octanol–water partition coefficient (Wildman–Crippen LogP) is 5.85. The van der Waals surface area contributed by atoms with Crippen molar-refractivity contribution in [2.24, 2.45) is 0 Å². The summed E-state index contributed by atoms with van der Waals surface area (Å²) in [5.74, 6) is 0.783. The van der Waals surface area contributed by atoms with Crippen molar-refractivity contribution in [3.63, 3.8) is 0 Å². The Bertz CT molecular complexity index is 1330. The van der Waals surface area contributed by atoms with Crippen molar-refractivity contribution in [1.82, 2.24) is 5.32 Å². The smallest absolute Gasteiger partial charge is 0.213 e. The van der Waals surface area contributed by atoms with E-state index in [1.807, 2.05) is 60.7 Å². The molecule has 0 fully saturated rings. The average molecular weight is 498 g/mol. The number of benzene rings is 4. The van der Waals surface area contributed by atoms with E-state index in [-0.39, 0.29) is 5.92 Å². The molecule has 0 bridgehead atoms. The molecule has 0 amide bonds. The standard InChI is InChI=1S/C30H27NO4S/c1-34-22-14-15-29(36-28-13-7-2-8-20(28)18-32)21(16-22)17-31-30(33)35-19-27-25-11-5-3-9-23(25)24-10-4-6-12-26(24)27/h2-16,18,27,30-31,33H,17,19H2,1H3. The molecular weight excluding hydrogens is 470 g/mol. The third-order valence-corrected chi connectivity index (χ3v) is 7.59. The number of carbonyl (C=O) groups excluding carboxylic acids is 1. The van der Waals surface area contributed by atoms with Crippen molar-refractivity contribution < 1.29 is 19.4 Å². The second-order valence-corrected chi connectivity index (χ2v) is 9.61. The molecule has 36 heavy (non-hydrogen) atoms. The lowest BCUT2D eigenvalue weighted by atomic mass is 9.98. The molecule has 1 unspecified atom stereocenters. The van der Waals surface area contributed by atoms with Crippen molar-refractivity contribution >= 4 is 18.0 Å². The quantitative estimate of drug-likeness (QED) is 0.212. The molecule has 5 nitrogen and oxygen atoms in total. The summed E-state index contributed by atoms with van der Waals surface area (Å²) in [4.78, 5) is 13.3. The van der Waals surface area contributed by atoms with Crippen LogP contribution >= 0.6 is 11.8 Å². The minimum Gasteiger partial charge on any atom is -0.497 e. The fourth-order valence-corrected chi connectivity index (χ4v) is 5.61. The van der Waals surface area contributed by atoms with E-state index in [9.17, 15) is 9.90 Å². The Balaban J connectivity index is 1.27. The maximum atomic E-state index is 11.5. The highest BCUT2D eigenvalue weighted by Gasteiger charge is 2.28. The Hall–Kier alpha value is -3.42. The van der Waals surface area contributed by atoms with Gasteiger partial charge in [-0.1, -0.05) is 78.5 Å². The van der Waals surface area contributed by atoms with Gasteiger partial charge < -0.3 is 14.6 Å². The summed E-state index contributed by atoms with van der Waals surface area (Å²) >= 11 is 1.51. The van der Waals surface area contributed by atoms with Crippen LogP contribution < -0.4 is 10.1 Å². The summed E-state index contributed by atoms with van der Waals surface area (Å²) in [5.41, 5.74) is 6.44. The topological polar surface area (TPSA) is 67.8 Å². The van der Waals surface area contributed by atoms with E-state index < -0.39 is 6.41 Å². The number of nitrogens with one attached hydrogen (secondary N) is 1. The van der Waals surface area contributed by atoms with Crippen LogP contribution in [0.15, 0.2) is 101 Å². The Morgan fingerprint density at radius 1 is 0.917 bits per heavy atom. The highest BCUT2D eigenvalue weighted by molar-refractivity contribution is 7.99.